The van der Waals surface area contributed by atoms with Crippen molar-refractivity contribution >= 4 is 16.9 Å². The molecule has 0 aliphatic heterocycles. The Kier molecular flexibility index (Phi) is 16.4. The third kappa shape index (κ3) is 17.9. The van der Waals surface area contributed by atoms with E-state index in [2.05, 4.69) is 4.90 Å². The largest absolute Gasteiger partial charge is 1.00 e. The predicted octanol–water partition coefficient (Wildman–Crippen LogP) is -5.82. The Labute approximate surface area is 84.4 Å². The lowest BCUT2D eigenvalue weighted by Crippen LogP contribution is -3.00. The van der Waals surface area contributed by atoms with Crippen molar-refractivity contribution < 1.29 is 24.8 Å². The molecule has 0 aromatic carbocycles. The topological polar surface area (TPSA) is 53.1 Å². The van der Waals surface area contributed by atoms with E-state index in [1.165, 1.54) is 11.8 Å². The number of thioether (sulfide) groups is 1. The molecule has 6 heteroatoms. The lowest BCUT2D eigenvalue weighted by Gasteiger charge is -2.06. The lowest BCUT2D eigenvalue weighted by molar-refractivity contribution is -0.001000. The summed E-state index contributed by atoms with van der Waals surface area (Å²) < 4.78 is 0. The molecule has 0 aromatic rings. The van der Waals surface area contributed by atoms with Crippen LogP contribution in [0.15, 0.2) is 0 Å². The molecule has 0 aliphatic carbocycles. The highest BCUT2D eigenvalue weighted by molar-refractivity contribution is 8.13. The molecule has 0 atom stereocenters. The van der Waals surface area contributed by atoms with E-state index in [1.54, 1.807) is 0 Å². The molecule has 11 heavy (non-hydrogen) atoms. The molecule has 0 fully saturated rings. The minimum absolute atomic E-state index is 0. The maximum atomic E-state index is 6.86. The highest BCUT2D eigenvalue weighted by Crippen LogP contribution is 1.96. The normalized spacial score (nSPS) is 8.27. The smallest absolute Gasteiger partial charge is 0.151 e. The molecule has 0 saturated heterocycles. The van der Waals surface area contributed by atoms with Crippen molar-refractivity contribution in [1.82, 2.24) is 4.90 Å². The van der Waals surface area contributed by atoms with Gasteiger partial charge in [-0.2, -0.15) is 0 Å². The van der Waals surface area contributed by atoms with Gasteiger partial charge in [-0.05, 0) is 14.1 Å². The number of amidine groups is 1. The van der Waals surface area contributed by atoms with E-state index in [9.17, 15) is 0 Å². The Morgan fingerprint density at radius 3 is 2.18 bits per heavy atom. The first-order chi connectivity index (χ1) is 4.13. The van der Waals surface area contributed by atoms with E-state index < -0.39 is 0 Å². The maximum absolute atomic E-state index is 6.86. The zero-order valence-electron chi connectivity index (χ0n) is 6.60. The van der Waals surface area contributed by atoms with Gasteiger partial charge in [0.25, 0.3) is 0 Å². The number of nitrogens with zero attached hydrogens (tertiary/aromatic N) is 1. The summed E-state index contributed by atoms with van der Waals surface area (Å²) in [5.74, 6) is 0.905. The second kappa shape index (κ2) is 10.4. The average Bonchev–Trinajstić information content (AvgIpc) is 1.63. The van der Waals surface area contributed by atoms with Gasteiger partial charge in [0.2, 0.25) is 0 Å². The first kappa shape index (κ1) is 17.4. The van der Waals surface area contributed by atoms with Gasteiger partial charge in [0.15, 0.2) is 5.17 Å². The van der Waals surface area contributed by atoms with Gasteiger partial charge in [0.1, 0.15) is 0 Å². The fourth-order valence-corrected chi connectivity index (χ4v) is 1.01. The van der Waals surface area contributed by atoms with Crippen LogP contribution in [-0.4, -0.2) is 36.5 Å². The molecule has 0 aromatic heterocycles. The fourth-order valence-electron chi connectivity index (χ4n) is 0.338. The zero-order chi connectivity index (χ0) is 7.28. The van der Waals surface area contributed by atoms with Crippen molar-refractivity contribution in [2.24, 2.45) is 5.73 Å². The second-order valence-corrected chi connectivity index (χ2v) is 3.15. The summed E-state index contributed by atoms with van der Waals surface area (Å²) in [4.78, 5) is 2.07. The summed E-state index contributed by atoms with van der Waals surface area (Å²) in [5, 5.41) is 7.07. The molecular formula is C5H13Cl2N3S-2. The van der Waals surface area contributed by atoms with Gasteiger partial charge in [0, 0.05) is 12.3 Å². The molecule has 0 unspecified atom stereocenters. The summed E-state index contributed by atoms with van der Waals surface area (Å²) in [6.45, 7) is 0.976. The molecule has 0 spiro atoms. The number of hydrogen-bond donors (Lipinski definition) is 2. The van der Waals surface area contributed by atoms with Gasteiger partial charge in [-0.3, -0.25) is 5.41 Å². The summed E-state index contributed by atoms with van der Waals surface area (Å²) in [5.41, 5.74) is 5.11. The van der Waals surface area contributed by atoms with Crippen LogP contribution in [0.25, 0.3) is 0 Å². The maximum Gasteiger partial charge on any atom is 0.151 e. The highest BCUT2D eigenvalue weighted by atomic mass is 35.5. The molecule has 0 rings (SSSR count). The number of hydrogen-bond acceptors (Lipinski definition) is 3. The number of nitrogens with one attached hydrogen (secondary N) is 1. The Hall–Kier alpha value is 0.360. The van der Waals surface area contributed by atoms with Crippen molar-refractivity contribution in [3.63, 3.8) is 0 Å². The van der Waals surface area contributed by atoms with Crippen molar-refractivity contribution in [1.29, 1.82) is 5.41 Å². The number of halogens is 2. The monoisotopic (exact) mass is 217 g/mol. The first-order valence-corrected chi connectivity index (χ1v) is 3.73. The molecule has 0 bridgehead atoms. The Morgan fingerprint density at radius 1 is 1.45 bits per heavy atom. The standard InChI is InChI=1S/C5H13N3S.2ClH/c1-8(2)3-4-9-5(6)7;;/h3-4H2,1-2H3,(H3,6,7);2*1H/p-2. The van der Waals surface area contributed by atoms with Crippen LogP contribution in [0.4, 0.5) is 0 Å². The van der Waals surface area contributed by atoms with E-state index in [-0.39, 0.29) is 30.0 Å². The molecule has 0 aliphatic rings. The third-order valence-electron chi connectivity index (χ3n) is 0.796. The number of nitrogens with two attached hydrogens (primary N) is 1. The zero-order valence-corrected chi connectivity index (χ0v) is 8.93. The summed E-state index contributed by atoms with van der Waals surface area (Å²) in [6, 6.07) is 0. The molecule has 0 amide bonds. The van der Waals surface area contributed by atoms with Crippen molar-refractivity contribution in [2.75, 3.05) is 26.4 Å². The van der Waals surface area contributed by atoms with Crippen molar-refractivity contribution in [2.45, 2.75) is 0 Å². The molecule has 3 nitrogen and oxygen atoms in total. The van der Waals surface area contributed by atoms with E-state index in [1.807, 2.05) is 14.1 Å². The van der Waals surface area contributed by atoms with Crippen LogP contribution in [0, 0.1) is 5.41 Å². The molecule has 3 N–H and O–H groups in total. The molecule has 0 radical (unpaired) electrons. The van der Waals surface area contributed by atoms with Crippen LogP contribution in [0.1, 0.15) is 0 Å². The minimum atomic E-state index is 0. The summed E-state index contributed by atoms with van der Waals surface area (Å²) in [6.07, 6.45) is 0. The predicted molar refractivity (Wildman–Crippen MR) is 42.9 cm³/mol. The lowest BCUT2D eigenvalue weighted by atomic mass is 10.7. The Balaban J connectivity index is -0.000000320. The third-order valence-corrected chi connectivity index (χ3v) is 1.49. The first-order valence-electron chi connectivity index (χ1n) is 2.74. The Morgan fingerprint density at radius 2 is 1.91 bits per heavy atom. The molecule has 0 saturated carbocycles. The van der Waals surface area contributed by atoms with Gasteiger partial charge in [-0.1, -0.05) is 11.8 Å². The highest BCUT2D eigenvalue weighted by Gasteiger charge is 1.91. The number of rotatable bonds is 3. The van der Waals surface area contributed by atoms with Crippen LogP contribution in [-0.2, 0) is 0 Å². The van der Waals surface area contributed by atoms with Gasteiger partial charge in [-0.25, -0.2) is 0 Å². The van der Waals surface area contributed by atoms with Crippen molar-refractivity contribution in [3.05, 3.63) is 0 Å². The molecule has 0 heterocycles. The summed E-state index contributed by atoms with van der Waals surface area (Å²) >= 11 is 1.38. The fraction of sp³-hybridized carbons (Fsp3) is 0.800. The van der Waals surface area contributed by atoms with Crippen LogP contribution >= 0.6 is 11.8 Å². The van der Waals surface area contributed by atoms with Gasteiger partial charge >= 0.3 is 0 Å². The van der Waals surface area contributed by atoms with Crippen LogP contribution in [0.2, 0.25) is 0 Å². The Bertz CT molecular complexity index is 99.7. The summed E-state index contributed by atoms with van der Waals surface area (Å²) in [7, 11) is 4.00. The SMILES string of the molecule is CN(C)CCSC(=N)N.[Cl-].[Cl-]. The van der Waals surface area contributed by atoms with E-state index in [4.69, 9.17) is 11.1 Å². The van der Waals surface area contributed by atoms with Gasteiger partial charge in [0.05, 0.1) is 0 Å². The van der Waals surface area contributed by atoms with E-state index >= 15 is 0 Å². The second-order valence-electron chi connectivity index (χ2n) is 2.02. The van der Waals surface area contributed by atoms with Crippen LogP contribution in [0.3, 0.4) is 0 Å². The van der Waals surface area contributed by atoms with E-state index in [0.717, 1.165) is 12.3 Å². The average molecular weight is 218 g/mol. The molecular weight excluding hydrogens is 205 g/mol. The van der Waals surface area contributed by atoms with Crippen LogP contribution in [0.5, 0.6) is 0 Å². The minimum Gasteiger partial charge on any atom is -1.00 e. The van der Waals surface area contributed by atoms with Crippen LogP contribution < -0.4 is 30.5 Å². The van der Waals surface area contributed by atoms with E-state index in [0.29, 0.717) is 0 Å². The van der Waals surface area contributed by atoms with Gasteiger partial charge in [-0.15, -0.1) is 0 Å². The molecule has 70 valence electrons. The quantitative estimate of drug-likeness (QED) is 0.366. The van der Waals surface area contributed by atoms with Gasteiger partial charge < -0.3 is 35.4 Å². The van der Waals surface area contributed by atoms with Crippen molar-refractivity contribution in [3.8, 4) is 0 Å².